The molecule has 0 saturated carbocycles. The Bertz CT molecular complexity index is 344. The van der Waals surface area contributed by atoms with Gasteiger partial charge in [-0.25, -0.2) is 12.7 Å². The largest absolute Gasteiger partial charge is 0.381 e. The minimum absolute atomic E-state index is 0.160. The Morgan fingerprint density at radius 3 is 2.56 bits per heavy atom. The van der Waals surface area contributed by atoms with Gasteiger partial charge >= 0.3 is 0 Å². The van der Waals surface area contributed by atoms with Crippen molar-refractivity contribution in [1.29, 1.82) is 0 Å². The van der Waals surface area contributed by atoms with Gasteiger partial charge in [0.25, 0.3) is 0 Å². The first-order valence-corrected chi connectivity index (χ1v) is 8.38. The van der Waals surface area contributed by atoms with E-state index >= 15 is 0 Å². The van der Waals surface area contributed by atoms with E-state index in [-0.39, 0.29) is 11.3 Å². The van der Waals surface area contributed by atoms with Gasteiger partial charge in [-0.2, -0.15) is 0 Å². The van der Waals surface area contributed by atoms with E-state index in [1.807, 2.05) is 0 Å². The van der Waals surface area contributed by atoms with Gasteiger partial charge < -0.3 is 10.1 Å². The third-order valence-corrected chi connectivity index (χ3v) is 6.47. The molecule has 2 aliphatic heterocycles. The monoisotopic (exact) mass is 276 g/mol. The van der Waals surface area contributed by atoms with Crippen LogP contribution in [0.4, 0.5) is 0 Å². The summed E-state index contributed by atoms with van der Waals surface area (Å²) in [6, 6.07) is 0.160. The highest BCUT2D eigenvalue weighted by molar-refractivity contribution is 7.89. The average Bonchev–Trinajstić information content (AvgIpc) is 2.67. The van der Waals surface area contributed by atoms with Gasteiger partial charge in [0.15, 0.2) is 0 Å². The highest BCUT2D eigenvalue weighted by Crippen LogP contribution is 2.23. The molecule has 1 unspecified atom stereocenters. The molecule has 5 nitrogen and oxygen atoms in total. The Labute approximate surface area is 110 Å². The van der Waals surface area contributed by atoms with Crippen LogP contribution in [0, 0.1) is 0 Å². The lowest BCUT2D eigenvalue weighted by Crippen LogP contribution is -2.44. The summed E-state index contributed by atoms with van der Waals surface area (Å²) in [5.41, 5.74) is 0. The third-order valence-electron chi connectivity index (χ3n) is 4.05. The molecule has 2 fully saturated rings. The van der Waals surface area contributed by atoms with Crippen LogP contribution in [0.3, 0.4) is 0 Å². The third kappa shape index (κ3) is 3.23. The van der Waals surface area contributed by atoms with Crippen molar-refractivity contribution in [3.8, 4) is 0 Å². The molecule has 0 aromatic carbocycles. The van der Waals surface area contributed by atoms with Crippen molar-refractivity contribution in [2.24, 2.45) is 0 Å². The van der Waals surface area contributed by atoms with Crippen molar-refractivity contribution in [2.45, 2.75) is 43.4 Å². The van der Waals surface area contributed by atoms with Gasteiger partial charge in [-0.15, -0.1) is 0 Å². The van der Waals surface area contributed by atoms with Crippen LogP contribution in [0.2, 0.25) is 0 Å². The van der Waals surface area contributed by atoms with Crippen LogP contribution in [0.15, 0.2) is 0 Å². The van der Waals surface area contributed by atoms with Crippen molar-refractivity contribution < 1.29 is 13.2 Å². The van der Waals surface area contributed by atoms with Crippen molar-refractivity contribution in [3.63, 3.8) is 0 Å². The first kappa shape index (κ1) is 14.2. The molecule has 2 aliphatic rings. The van der Waals surface area contributed by atoms with Crippen LogP contribution in [-0.2, 0) is 14.8 Å². The van der Waals surface area contributed by atoms with Gasteiger partial charge in [0, 0.05) is 26.3 Å². The summed E-state index contributed by atoms with van der Waals surface area (Å²) in [4.78, 5) is 0. The van der Waals surface area contributed by atoms with E-state index in [0.717, 1.165) is 32.4 Å². The molecule has 0 aliphatic carbocycles. The number of sulfonamides is 1. The van der Waals surface area contributed by atoms with Crippen LogP contribution in [0.5, 0.6) is 0 Å². The minimum Gasteiger partial charge on any atom is -0.381 e. The average molecular weight is 276 g/mol. The predicted octanol–water partition coefficient (Wildman–Crippen LogP) is 0.569. The van der Waals surface area contributed by atoms with E-state index in [9.17, 15) is 8.42 Å². The molecular weight excluding hydrogens is 252 g/mol. The van der Waals surface area contributed by atoms with Crippen LogP contribution < -0.4 is 5.32 Å². The minimum atomic E-state index is -3.15. The van der Waals surface area contributed by atoms with Crippen molar-refractivity contribution in [2.75, 3.05) is 33.4 Å². The SMILES string of the molecule is CN(C1CCCNCC1)S(=O)(=O)C1CCOCC1. The fourth-order valence-electron chi connectivity index (χ4n) is 2.78. The lowest BCUT2D eigenvalue weighted by atomic mass is 10.1. The summed E-state index contributed by atoms with van der Waals surface area (Å²) in [6.45, 7) is 3.06. The Kier molecular flexibility index (Phi) is 5.00. The molecule has 106 valence electrons. The molecule has 2 rings (SSSR count). The van der Waals surface area contributed by atoms with Gasteiger partial charge in [-0.05, 0) is 45.2 Å². The molecule has 18 heavy (non-hydrogen) atoms. The number of rotatable bonds is 3. The number of nitrogens with zero attached hydrogens (tertiary/aromatic N) is 1. The Morgan fingerprint density at radius 2 is 1.83 bits per heavy atom. The van der Waals surface area contributed by atoms with Gasteiger partial charge in [-0.3, -0.25) is 0 Å². The lowest BCUT2D eigenvalue weighted by Gasteiger charge is -2.32. The Morgan fingerprint density at radius 1 is 1.11 bits per heavy atom. The molecule has 0 amide bonds. The molecule has 0 aromatic heterocycles. The number of hydrogen-bond acceptors (Lipinski definition) is 4. The maximum absolute atomic E-state index is 12.5. The second kappa shape index (κ2) is 6.32. The summed E-state index contributed by atoms with van der Waals surface area (Å²) >= 11 is 0. The van der Waals surface area contributed by atoms with E-state index in [1.54, 1.807) is 11.4 Å². The van der Waals surface area contributed by atoms with E-state index in [1.165, 1.54) is 0 Å². The number of hydrogen-bond donors (Lipinski definition) is 1. The van der Waals surface area contributed by atoms with E-state index in [4.69, 9.17) is 4.74 Å². The van der Waals surface area contributed by atoms with Crippen LogP contribution in [0.25, 0.3) is 0 Å². The Balaban J connectivity index is 2.02. The summed E-state index contributed by atoms with van der Waals surface area (Å²) in [7, 11) is -1.40. The maximum atomic E-state index is 12.5. The first-order valence-electron chi connectivity index (χ1n) is 6.87. The van der Waals surface area contributed by atoms with Crippen LogP contribution in [0.1, 0.15) is 32.1 Å². The molecule has 6 heteroatoms. The van der Waals surface area contributed by atoms with Crippen molar-refractivity contribution in [3.05, 3.63) is 0 Å². The normalized spacial score (nSPS) is 28.2. The van der Waals surface area contributed by atoms with Gasteiger partial charge in [-0.1, -0.05) is 0 Å². The topological polar surface area (TPSA) is 58.6 Å². The molecule has 1 N–H and O–H groups in total. The van der Waals surface area contributed by atoms with Crippen molar-refractivity contribution >= 4 is 10.0 Å². The molecule has 2 heterocycles. The van der Waals surface area contributed by atoms with E-state index in [2.05, 4.69) is 5.32 Å². The fourth-order valence-corrected chi connectivity index (χ4v) is 4.67. The molecule has 1 atom stereocenters. The fraction of sp³-hybridized carbons (Fsp3) is 1.00. The first-order chi connectivity index (χ1) is 8.62. The lowest BCUT2D eigenvalue weighted by molar-refractivity contribution is 0.0970. The van der Waals surface area contributed by atoms with Crippen LogP contribution >= 0.6 is 0 Å². The van der Waals surface area contributed by atoms with Crippen molar-refractivity contribution in [1.82, 2.24) is 9.62 Å². The highest BCUT2D eigenvalue weighted by atomic mass is 32.2. The predicted molar refractivity (Wildman–Crippen MR) is 71.0 cm³/mol. The maximum Gasteiger partial charge on any atom is 0.217 e. The molecular formula is C12H24N2O3S. The molecule has 0 spiro atoms. The zero-order chi connectivity index (χ0) is 13.0. The highest BCUT2D eigenvalue weighted by Gasteiger charge is 2.34. The number of nitrogens with one attached hydrogen (secondary N) is 1. The zero-order valence-corrected chi connectivity index (χ0v) is 11.9. The molecule has 0 radical (unpaired) electrons. The summed E-state index contributed by atoms with van der Waals surface area (Å²) < 4.78 is 32.0. The summed E-state index contributed by atoms with van der Waals surface area (Å²) in [6.07, 6.45) is 4.21. The van der Waals surface area contributed by atoms with Gasteiger partial charge in [0.2, 0.25) is 10.0 Å². The van der Waals surface area contributed by atoms with Gasteiger partial charge in [0.05, 0.1) is 5.25 Å². The zero-order valence-electron chi connectivity index (χ0n) is 11.1. The van der Waals surface area contributed by atoms with Gasteiger partial charge in [0.1, 0.15) is 0 Å². The molecule has 2 saturated heterocycles. The number of ether oxygens (including phenoxy) is 1. The second-order valence-corrected chi connectivity index (χ2v) is 7.48. The van der Waals surface area contributed by atoms with E-state index < -0.39 is 10.0 Å². The molecule has 0 bridgehead atoms. The standard InChI is InChI=1S/C12H24N2O3S/c1-14(11-3-2-7-13-8-4-11)18(15,16)12-5-9-17-10-6-12/h11-13H,2-10H2,1H3. The molecule has 0 aromatic rings. The summed E-state index contributed by atoms with van der Waals surface area (Å²) in [5, 5.41) is 3.08. The quantitative estimate of drug-likeness (QED) is 0.819. The van der Waals surface area contributed by atoms with E-state index in [0.29, 0.717) is 26.1 Å². The second-order valence-electron chi connectivity index (χ2n) is 5.21. The Hall–Kier alpha value is -0.170. The summed E-state index contributed by atoms with van der Waals surface area (Å²) in [5.74, 6) is 0. The van der Waals surface area contributed by atoms with Crippen LogP contribution in [-0.4, -0.2) is 57.4 Å². The smallest absolute Gasteiger partial charge is 0.217 e.